The van der Waals surface area contributed by atoms with Crippen LogP contribution in [0.2, 0.25) is 0 Å². The van der Waals surface area contributed by atoms with Crippen molar-refractivity contribution in [1.29, 1.82) is 5.26 Å². The van der Waals surface area contributed by atoms with E-state index in [-0.39, 0.29) is 12.2 Å². The Kier molecular flexibility index (Phi) is 6.61. The maximum Gasteiger partial charge on any atom is 0.348 e. The van der Waals surface area contributed by atoms with Crippen LogP contribution in [0.4, 0.5) is 0 Å². The molecule has 25 heavy (non-hydrogen) atoms. The van der Waals surface area contributed by atoms with Crippen molar-refractivity contribution in [3.63, 3.8) is 0 Å². The largest absolute Gasteiger partial charge is 0.493 e. The first-order valence-electron chi connectivity index (χ1n) is 7.81. The van der Waals surface area contributed by atoms with Crippen LogP contribution in [0.1, 0.15) is 18.1 Å². The normalized spacial score (nSPS) is 10.7. The standard InChI is InChI=1S/C20H19NO4/c1-3-24-20(22)17(13-21)11-16-9-10-18(23-2)19(12-16)25-14-15-7-5-4-6-8-15/h4-12H,3,14H2,1-2H3/b17-11+. The zero-order chi connectivity index (χ0) is 18.1. The Morgan fingerprint density at radius 1 is 1.16 bits per heavy atom. The van der Waals surface area contributed by atoms with Gasteiger partial charge in [0.25, 0.3) is 0 Å². The van der Waals surface area contributed by atoms with Crippen molar-refractivity contribution in [3.8, 4) is 17.6 Å². The lowest BCUT2D eigenvalue weighted by molar-refractivity contribution is -0.137. The molecule has 0 aliphatic heterocycles. The van der Waals surface area contributed by atoms with E-state index in [1.165, 1.54) is 6.08 Å². The summed E-state index contributed by atoms with van der Waals surface area (Å²) in [5.74, 6) is 0.455. The summed E-state index contributed by atoms with van der Waals surface area (Å²) >= 11 is 0. The van der Waals surface area contributed by atoms with E-state index in [0.29, 0.717) is 23.7 Å². The minimum absolute atomic E-state index is 0.0685. The number of rotatable bonds is 7. The number of carbonyl (C=O) groups excluding carboxylic acids is 1. The lowest BCUT2D eigenvalue weighted by Gasteiger charge is -2.11. The predicted octanol–water partition coefficient (Wildman–Crippen LogP) is 3.74. The highest BCUT2D eigenvalue weighted by atomic mass is 16.5. The first kappa shape index (κ1) is 18.1. The summed E-state index contributed by atoms with van der Waals surface area (Å²) < 4.78 is 16.0. The number of methoxy groups -OCH3 is 1. The van der Waals surface area contributed by atoms with Crippen LogP contribution in [-0.4, -0.2) is 19.7 Å². The van der Waals surface area contributed by atoms with Gasteiger partial charge in [0.2, 0.25) is 0 Å². The molecule has 0 N–H and O–H groups in total. The van der Waals surface area contributed by atoms with Crippen LogP contribution in [0.25, 0.3) is 6.08 Å². The van der Waals surface area contributed by atoms with E-state index in [4.69, 9.17) is 19.5 Å². The Morgan fingerprint density at radius 3 is 2.56 bits per heavy atom. The number of nitrogens with zero attached hydrogens (tertiary/aromatic N) is 1. The zero-order valence-corrected chi connectivity index (χ0v) is 14.2. The summed E-state index contributed by atoms with van der Waals surface area (Å²) in [7, 11) is 1.56. The number of esters is 1. The highest BCUT2D eigenvalue weighted by Crippen LogP contribution is 2.29. The van der Waals surface area contributed by atoms with Crippen molar-refractivity contribution in [2.45, 2.75) is 13.5 Å². The maximum absolute atomic E-state index is 11.7. The van der Waals surface area contributed by atoms with Gasteiger partial charge in [0, 0.05) is 0 Å². The molecule has 0 atom stereocenters. The first-order chi connectivity index (χ1) is 12.2. The molecule has 0 saturated heterocycles. The van der Waals surface area contributed by atoms with Crippen LogP contribution >= 0.6 is 0 Å². The Hall–Kier alpha value is -3.26. The second-order valence-electron chi connectivity index (χ2n) is 5.07. The summed E-state index contributed by atoms with van der Waals surface area (Å²) in [6, 6.07) is 16.8. The second kappa shape index (κ2) is 9.14. The predicted molar refractivity (Wildman–Crippen MR) is 94.0 cm³/mol. The Labute approximate surface area is 147 Å². The molecular weight excluding hydrogens is 318 g/mol. The van der Waals surface area contributed by atoms with Crippen molar-refractivity contribution < 1.29 is 19.0 Å². The summed E-state index contributed by atoms with van der Waals surface area (Å²) in [4.78, 5) is 11.7. The number of nitriles is 1. The molecule has 2 aromatic carbocycles. The van der Waals surface area contributed by atoms with Gasteiger partial charge in [-0.2, -0.15) is 5.26 Å². The van der Waals surface area contributed by atoms with Crippen molar-refractivity contribution in [1.82, 2.24) is 0 Å². The van der Waals surface area contributed by atoms with Crippen LogP contribution in [-0.2, 0) is 16.1 Å². The summed E-state index contributed by atoms with van der Waals surface area (Å²) in [5.41, 5.74) is 1.60. The van der Waals surface area contributed by atoms with Gasteiger partial charge < -0.3 is 14.2 Å². The number of hydrogen-bond donors (Lipinski definition) is 0. The van der Waals surface area contributed by atoms with Crippen LogP contribution < -0.4 is 9.47 Å². The van der Waals surface area contributed by atoms with Crippen LogP contribution in [0.5, 0.6) is 11.5 Å². The lowest BCUT2D eigenvalue weighted by Crippen LogP contribution is -2.06. The van der Waals surface area contributed by atoms with E-state index in [2.05, 4.69) is 0 Å². The highest BCUT2D eigenvalue weighted by Gasteiger charge is 2.11. The lowest BCUT2D eigenvalue weighted by atomic mass is 10.1. The van der Waals surface area contributed by atoms with E-state index in [9.17, 15) is 4.79 Å². The van der Waals surface area contributed by atoms with Gasteiger partial charge in [-0.3, -0.25) is 0 Å². The smallest absolute Gasteiger partial charge is 0.348 e. The van der Waals surface area contributed by atoms with Gasteiger partial charge in [0.15, 0.2) is 11.5 Å². The topological polar surface area (TPSA) is 68.6 Å². The number of hydrogen-bond acceptors (Lipinski definition) is 5. The molecule has 2 aromatic rings. The van der Waals surface area contributed by atoms with Gasteiger partial charge in [-0.25, -0.2) is 4.79 Å². The molecular formula is C20H19NO4. The van der Waals surface area contributed by atoms with Gasteiger partial charge in [-0.05, 0) is 36.3 Å². The first-order valence-corrected chi connectivity index (χ1v) is 7.81. The monoisotopic (exact) mass is 337 g/mol. The summed E-state index contributed by atoms with van der Waals surface area (Å²) in [5, 5.41) is 9.13. The van der Waals surface area contributed by atoms with E-state index >= 15 is 0 Å². The molecule has 0 heterocycles. The summed E-state index contributed by atoms with van der Waals surface area (Å²) in [6.45, 7) is 2.29. The number of carbonyl (C=O) groups is 1. The van der Waals surface area contributed by atoms with Gasteiger partial charge in [0.1, 0.15) is 18.2 Å². The van der Waals surface area contributed by atoms with Crippen molar-refractivity contribution in [2.75, 3.05) is 13.7 Å². The van der Waals surface area contributed by atoms with Crippen molar-refractivity contribution >= 4 is 12.0 Å². The molecule has 0 spiro atoms. The summed E-state index contributed by atoms with van der Waals surface area (Å²) in [6.07, 6.45) is 1.47. The van der Waals surface area contributed by atoms with Crippen molar-refractivity contribution in [2.24, 2.45) is 0 Å². The van der Waals surface area contributed by atoms with Gasteiger partial charge in [-0.1, -0.05) is 36.4 Å². The fraction of sp³-hybridized carbons (Fsp3) is 0.200. The molecule has 0 bridgehead atoms. The second-order valence-corrected chi connectivity index (χ2v) is 5.07. The molecule has 0 aliphatic rings. The average Bonchev–Trinajstić information content (AvgIpc) is 2.65. The zero-order valence-electron chi connectivity index (χ0n) is 14.2. The Balaban J connectivity index is 2.24. The van der Waals surface area contributed by atoms with E-state index in [1.807, 2.05) is 36.4 Å². The molecule has 0 radical (unpaired) electrons. The van der Waals surface area contributed by atoms with Gasteiger partial charge >= 0.3 is 5.97 Å². The van der Waals surface area contributed by atoms with Crippen molar-refractivity contribution in [3.05, 3.63) is 65.2 Å². The molecule has 0 saturated carbocycles. The van der Waals surface area contributed by atoms with Crippen LogP contribution in [0.3, 0.4) is 0 Å². The van der Waals surface area contributed by atoms with E-state index < -0.39 is 5.97 Å². The highest BCUT2D eigenvalue weighted by molar-refractivity contribution is 5.97. The molecule has 5 nitrogen and oxygen atoms in total. The number of benzene rings is 2. The third-order valence-electron chi connectivity index (χ3n) is 3.35. The third kappa shape index (κ3) is 5.11. The van der Waals surface area contributed by atoms with Gasteiger partial charge in [-0.15, -0.1) is 0 Å². The molecule has 0 aromatic heterocycles. The Morgan fingerprint density at radius 2 is 1.92 bits per heavy atom. The molecule has 2 rings (SSSR count). The minimum atomic E-state index is -0.646. The van der Waals surface area contributed by atoms with Crippen LogP contribution in [0.15, 0.2) is 54.1 Å². The molecule has 0 amide bonds. The molecule has 5 heteroatoms. The Bertz CT molecular complexity index is 791. The minimum Gasteiger partial charge on any atom is -0.493 e. The average molecular weight is 337 g/mol. The van der Waals surface area contributed by atoms with E-state index in [1.54, 1.807) is 32.2 Å². The van der Waals surface area contributed by atoms with E-state index in [0.717, 1.165) is 5.56 Å². The third-order valence-corrected chi connectivity index (χ3v) is 3.35. The molecule has 128 valence electrons. The molecule has 0 aliphatic carbocycles. The maximum atomic E-state index is 11.7. The molecule has 0 fully saturated rings. The van der Waals surface area contributed by atoms with Crippen LogP contribution in [0, 0.1) is 11.3 Å². The molecule has 0 unspecified atom stereocenters. The van der Waals surface area contributed by atoms with Gasteiger partial charge in [0.05, 0.1) is 13.7 Å². The fourth-order valence-electron chi connectivity index (χ4n) is 2.14. The fourth-order valence-corrected chi connectivity index (χ4v) is 2.14. The quantitative estimate of drug-likeness (QED) is 0.437. The SMILES string of the molecule is CCOC(=O)/C(C#N)=C/c1ccc(OC)c(OCc2ccccc2)c1. The number of ether oxygens (including phenoxy) is 3.